The molecule has 0 saturated carbocycles. The second kappa shape index (κ2) is 7.96. The van der Waals surface area contributed by atoms with Crippen molar-refractivity contribution in [1.82, 2.24) is 5.32 Å². The molecule has 0 saturated heterocycles. The van der Waals surface area contributed by atoms with Gasteiger partial charge in [-0.15, -0.1) is 22.7 Å². The Morgan fingerprint density at radius 2 is 1.50 bits per heavy atom. The van der Waals surface area contributed by atoms with Crippen LogP contribution in [0.3, 0.4) is 0 Å². The van der Waals surface area contributed by atoms with E-state index in [0.717, 1.165) is 11.4 Å². The summed E-state index contributed by atoms with van der Waals surface area (Å²) in [6.07, 6.45) is 9.40. The van der Waals surface area contributed by atoms with Crippen LogP contribution in [0, 0.1) is 52.3 Å². The summed E-state index contributed by atoms with van der Waals surface area (Å²) in [5.41, 5.74) is 0. The Hall–Kier alpha value is -2.80. The minimum absolute atomic E-state index is 0.978. The molecule has 0 fully saturated rings. The Bertz CT molecular complexity index is 1750. The van der Waals surface area contributed by atoms with Gasteiger partial charge in [-0.2, -0.15) is 0 Å². The lowest BCUT2D eigenvalue weighted by atomic mass is 10.1. The van der Waals surface area contributed by atoms with Crippen LogP contribution >= 0.6 is 22.7 Å². The van der Waals surface area contributed by atoms with Gasteiger partial charge in [0.05, 0.1) is 4.88 Å². The van der Waals surface area contributed by atoms with E-state index in [4.69, 9.17) is 0 Å². The Morgan fingerprint density at radius 1 is 0.812 bits per heavy atom. The molecule has 158 valence electrons. The molecule has 4 aromatic rings. The molecule has 2 aromatic heterocycles. The second-order valence-corrected chi connectivity index (χ2v) is 10.7. The molecule has 2 aromatic carbocycles. The lowest BCUT2D eigenvalue weighted by Gasteiger charge is -1.98. The van der Waals surface area contributed by atoms with Crippen LogP contribution in [0.25, 0.3) is 16.8 Å². The van der Waals surface area contributed by atoms with E-state index in [2.05, 4.69) is 79.7 Å². The number of hydrogen-bond donors (Lipinski definition) is 1. The summed E-state index contributed by atoms with van der Waals surface area (Å²) in [5, 5.41) is 14.5. The topological polar surface area (TPSA) is 12.0 Å². The van der Waals surface area contributed by atoms with Gasteiger partial charge in [0, 0.05) is 47.4 Å². The van der Waals surface area contributed by atoms with Crippen molar-refractivity contribution in [3.05, 3.63) is 92.6 Å². The van der Waals surface area contributed by atoms with Crippen LogP contribution in [0.1, 0.15) is 49.3 Å². The van der Waals surface area contributed by atoms with Gasteiger partial charge in [-0.25, -0.2) is 0 Å². The van der Waals surface area contributed by atoms with Gasteiger partial charge in [0.25, 0.3) is 0 Å². The Morgan fingerprint density at radius 3 is 2.22 bits per heavy atom. The third-order valence-electron chi connectivity index (χ3n) is 6.47. The molecule has 0 bridgehead atoms. The van der Waals surface area contributed by atoms with E-state index in [1.165, 1.54) is 81.7 Å². The summed E-state index contributed by atoms with van der Waals surface area (Å²) in [6.45, 7) is 5.31. The first-order chi connectivity index (χ1) is 15.8. The van der Waals surface area contributed by atoms with Gasteiger partial charge < -0.3 is 5.32 Å². The van der Waals surface area contributed by atoms with Crippen molar-refractivity contribution in [3.8, 4) is 12.0 Å². The number of rotatable bonds is 6. The van der Waals surface area contributed by atoms with E-state index in [1.54, 1.807) is 0 Å². The predicted molar refractivity (Wildman–Crippen MR) is 137 cm³/mol. The maximum absolute atomic E-state index is 3.34. The van der Waals surface area contributed by atoms with Gasteiger partial charge in [-0.05, 0) is 58.7 Å². The van der Waals surface area contributed by atoms with Gasteiger partial charge in [0.15, 0.2) is 0 Å². The summed E-state index contributed by atoms with van der Waals surface area (Å²) in [5.74, 6) is 3.34. The van der Waals surface area contributed by atoms with Crippen LogP contribution in [-0.2, 0) is 0 Å². The molecule has 6 rings (SSSR count). The fourth-order valence-electron chi connectivity index (χ4n) is 5.04. The predicted octanol–water partition coefficient (Wildman–Crippen LogP) is 7.25. The lowest BCUT2D eigenvalue weighted by Crippen LogP contribution is -2.07. The molecule has 0 atom stereocenters. The van der Waals surface area contributed by atoms with Crippen molar-refractivity contribution >= 4 is 39.5 Å². The number of hydrogen-bond acceptors (Lipinski definition) is 3. The summed E-state index contributed by atoms with van der Waals surface area (Å²) in [4.78, 5) is 2.48. The molecule has 0 unspecified atom stereocenters. The number of benzene rings is 2. The number of thiophene rings is 2. The van der Waals surface area contributed by atoms with Gasteiger partial charge in [0.1, 0.15) is 0 Å². The molecule has 3 heteroatoms. The highest BCUT2D eigenvalue weighted by molar-refractivity contribution is 7.11. The first-order valence-corrected chi connectivity index (χ1v) is 13.2. The molecule has 0 spiro atoms. The van der Waals surface area contributed by atoms with Gasteiger partial charge in [0.2, 0.25) is 0 Å². The molecule has 2 aliphatic rings. The van der Waals surface area contributed by atoms with Gasteiger partial charge >= 0.3 is 0 Å². The van der Waals surface area contributed by atoms with E-state index < -0.39 is 0 Å². The van der Waals surface area contributed by atoms with Crippen LogP contribution < -0.4 is 5.32 Å². The van der Waals surface area contributed by atoms with Crippen molar-refractivity contribution in [2.75, 3.05) is 6.54 Å². The smallest absolute Gasteiger partial charge is 0.0799 e. The van der Waals surface area contributed by atoms with Crippen molar-refractivity contribution in [1.29, 1.82) is 0 Å². The molecule has 1 nitrogen and oxygen atoms in total. The molecule has 0 amide bonds. The lowest BCUT2D eigenvalue weighted by molar-refractivity contribution is 0.651. The SMILES string of the molecule is C/C=C/c1cc2c(s1)=c1ccc3c4c(ccc=2c14)=c1cc(C#CNCCCCCC)sc1=3. The second-order valence-electron chi connectivity index (χ2n) is 8.55. The largest absolute Gasteiger partial charge is 0.346 e. The van der Waals surface area contributed by atoms with Crippen LogP contribution in [0.4, 0.5) is 0 Å². The van der Waals surface area contributed by atoms with Crippen molar-refractivity contribution < 1.29 is 0 Å². The van der Waals surface area contributed by atoms with Gasteiger partial charge in [-0.3, -0.25) is 0 Å². The van der Waals surface area contributed by atoms with Crippen molar-refractivity contribution in [2.45, 2.75) is 39.5 Å². The van der Waals surface area contributed by atoms with Crippen LogP contribution in [0.15, 0.2) is 42.5 Å². The molecule has 2 heterocycles. The summed E-state index contributed by atoms with van der Waals surface area (Å²) >= 11 is 3.74. The zero-order chi connectivity index (χ0) is 21.7. The number of unbranched alkanes of at least 4 members (excludes halogenated alkanes) is 3. The highest BCUT2D eigenvalue weighted by Crippen LogP contribution is 2.33. The van der Waals surface area contributed by atoms with Crippen LogP contribution in [0.5, 0.6) is 0 Å². The zero-order valence-corrected chi connectivity index (χ0v) is 20.1. The monoisotopic (exact) mass is 451 g/mol. The van der Waals surface area contributed by atoms with Crippen LogP contribution in [-0.4, -0.2) is 6.54 Å². The average Bonchev–Trinajstić information content (AvgIpc) is 3.53. The highest BCUT2D eigenvalue weighted by Gasteiger charge is 2.15. The molecule has 0 radical (unpaired) electrons. The van der Waals surface area contributed by atoms with Crippen molar-refractivity contribution in [2.24, 2.45) is 0 Å². The minimum atomic E-state index is 0.978. The molecular formula is C29H25NS2. The Labute approximate surface area is 195 Å². The third-order valence-corrected chi connectivity index (χ3v) is 8.69. The Kier molecular flexibility index (Phi) is 4.94. The fourth-order valence-corrected chi connectivity index (χ4v) is 7.27. The molecular weight excluding hydrogens is 426 g/mol. The highest BCUT2D eigenvalue weighted by atomic mass is 32.1. The first kappa shape index (κ1) is 19.9. The van der Waals surface area contributed by atoms with Gasteiger partial charge in [-0.1, -0.05) is 56.5 Å². The minimum Gasteiger partial charge on any atom is -0.346 e. The van der Waals surface area contributed by atoms with E-state index >= 15 is 0 Å². The molecule has 2 aliphatic carbocycles. The number of fused-ring (bicyclic) bond motifs is 2. The van der Waals surface area contributed by atoms with E-state index in [9.17, 15) is 0 Å². The quantitative estimate of drug-likeness (QED) is 0.160. The van der Waals surface area contributed by atoms with E-state index in [0.29, 0.717) is 0 Å². The van der Waals surface area contributed by atoms with Crippen molar-refractivity contribution in [3.63, 3.8) is 0 Å². The molecule has 0 aliphatic heterocycles. The fraction of sp³-hybridized carbons (Fsp3) is 0.241. The van der Waals surface area contributed by atoms with E-state index in [-0.39, 0.29) is 0 Å². The molecule has 32 heavy (non-hydrogen) atoms. The third kappa shape index (κ3) is 2.98. The summed E-state index contributed by atoms with van der Waals surface area (Å²) in [7, 11) is 0. The maximum Gasteiger partial charge on any atom is 0.0799 e. The number of allylic oxidation sites excluding steroid dienone is 1. The zero-order valence-electron chi connectivity index (χ0n) is 18.5. The first-order valence-electron chi connectivity index (χ1n) is 11.6. The summed E-state index contributed by atoms with van der Waals surface area (Å²) < 4.78 is 2.80. The normalized spacial score (nSPS) is 12.3. The number of nitrogens with one attached hydrogen (secondary N) is 1. The Balaban J connectivity index is 1.47. The summed E-state index contributed by atoms with van der Waals surface area (Å²) in [6, 6.07) is 17.1. The molecule has 1 N–H and O–H groups in total. The van der Waals surface area contributed by atoms with Crippen LogP contribution in [0.2, 0.25) is 0 Å². The standard InChI is InChI=1S/C29H25NS2/c1-3-5-6-7-14-30-15-13-19-17-25-21-10-9-20-24-16-18(8-4-2)31-28(24)22-11-12-23(29(25)32-19)27(21)26(20)22/h4,8-12,16-17,30H,3,5-7,14H2,1-2H3/b8-4+. The maximum atomic E-state index is 3.34. The van der Waals surface area contributed by atoms with E-state index in [1.807, 2.05) is 22.7 Å². The average molecular weight is 452 g/mol.